The van der Waals surface area contributed by atoms with Crippen molar-refractivity contribution in [1.82, 2.24) is 4.90 Å². The van der Waals surface area contributed by atoms with E-state index in [-0.39, 0.29) is 7.43 Å². The molecule has 2 heteroatoms. The molecule has 0 unspecified atom stereocenters. The lowest BCUT2D eigenvalue weighted by atomic mass is 10.2. The summed E-state index contributed by atoms with van der Waals surface area (Å²) >= 11 is 0. The van der Waals surface area contributed by atoms with Crippen molar-refractivity contribution >= 4 is 0 Å². The molecule has 2 nitrogen and oxygen atoms in total. The topological polar surface area (TPSA) is 12.5 Å². The van der Waals surface area contributed by atoms with Crippen LogP contribution in [0.25, 0.3) is 0 Å². The van der Waals surface area contributed by atoms with Crippen molar-refractivity contribution in [3.05, 3.63) is 0 Å². The molecule has 0 aromatic carbocycles. The molecule has 0 fully saturated rings. The van der Waals surface area contributed by atoms with E-state index in [2.05, 4.69) is 51.5 Å². The van der Waals surface area contributed by atoms with E-state index >= 15 is 0 Å². The largest absolute Gasteiger partial charge is 0.380 e. The SMILES string of the molecule is C.CC(C)C#CCCOCCCN(C)CC(C)C. The van der Waals surface area contributed by atoms with Gasteiger partial charge in [0.15, 0.2) is 0 Å². The molecule has 0 aromatic rings. The highest BCUT2D eigenvalue weighted by Crippen LogP contribution is 1.97. The van der Waals surface area contributed by atoms with Gasteiger partial charge in [0.25, 0.3) is 0 Å². The first-order valence-corrected chi connectivity index (χ1v) is 6.77. The van der Waals surface area contributed by atoms with Crippen molar-refractivity contribution in [3.63, 3.8) is 0 Å². The van der Waals surface area contributed by atoms with Crippen molar-refractivity contribution in [3.8, 4) is 11.8 Å². The van der Waals surface area contributed by atoms with Crippen LogP contribution < -0.4 is 0 Å². The van der Waals surface area contributed by atoms with Gasteiger partial charge < -0.3 is 9.64 Å². The maximum Gasteiger partial charge on any atom is 0.0575 e. The molecule has 18 heavy (non-hydrogen) atoms. The van der Waals surface area contributed by atoms with E-state index in [1.54, 1.807) is 0 Å². The number of hydrogen-bond donors (Lipinski definition) is 0. The smallest absolute Gasteiger partial charge is 0.0575 e. The molecule has 0 saturated carbocycles. The Labute approximate surface area is 115 Å². The molecule has 0 spiro atoms. The molecular formula is C16H33NO. The van der Waals surface area contributed by atoms with Crippen molar-refractivity contribution in [2.45, 2.75) is 48.0 Å². The molecule has 0 aliphatic rings. The highest BCUT2D eigenvalue weighted by molar-refractivity contribution is 5.00. The van der Waals surface area contributed by atoms with Gasteiger partial charge in [0.05, 0.1) is 6.61 Å². The lowest BCUT2D eigenvalue weighted by molar-refractivity contribution is 0.127. The number of hydrogen-bond acceptors (Lipinski definition) is 2. The van der Waals surface area contributed by atoms with Gasteiger partial charge in [-0.1, -0.05) is 35.1 Å². The molecule has 108 valence electrons. The molecule has 0 saturated heterocycles. The molecule has 0 rings (SSSR count). The zero-order chi connectivity index (χ0) is 13.1. The van der Waals surface area contributed by atoms with Crippen molar-refractivity contribution in [2.24, 2.45) is 11.8 Å². The summed E-state index contributed by atoms with van der Waals surface area (Å²) in [5.41, 5.74) is 0. The maximum absolute atomic E-state index is 5.54. The Kier molecular flexibility index (Phi) is 14.2. The molecule has 0 amide bonds. The molecule has 0 radical (unpaired) electrons. The van der Waals surface area contributed by atoms with Gasteiger partial charge in [-0.3, -0.25) is 0 Å². The van der Waals surface area contributed by atoms with E-state index in [0.717, 1.165) is 38.5 Å². The minimum absolute atomic E-state index is 0. The summed E-state index contributed by atoms with van der Waals surface area (Å²) < 4.78 is 5.54. The molecule has 0 aromatic heterocycles. The first kappa shape index (κ1) is 19.8. The summed E-state index contributed by atoms with van der Waals surface area (Å²) in [4.78, 5) is 2.37. The lowest BCUT2D eigenvalue weighted by Gasteiger charge is -2.18. The fourth-order valence-corrected chi connectivity index (χ4v) is 1.65. The zero-order valence-electron chi connectivity index (χ0n) is 12.3. The van der Waals surface area contributed by atoms with Crippen LogP contribution >= 0.6 is 0 Å². The van der Waals surface area contributed by atoms with E-state index in [1.807, 2.05) is 0 Å². The fraction of sp³-hybridized carbons (Fsp3) is 0.875. The van der Waals surface area contributed by atoms with Crippen LogP contribution in [-0.2, 0) is 4.74 Å². The zero-order valence-corrected chi connectivity index (χ0v) is 12.3. The van der Waals surface area contributed by atoms with Crippen LogP contribution in [0.4, 0.5) is 0 Å². The second-order valence-electron chi connectivity index (χ2n) is 5.35. The third kappa shape index (κ3) is 15.5. The molecule has 0 aliphatic heterocycles. The second kappa shape index (κ2) is 12.9. The summed E-state index contributed by atoms with van der Waals surface area (Å²) in [6, 6.07) is 0. The molecule has 0 aliphatic carbocycles. The predicted octanol–water partition coefficient (Wildman–Crippen LogP) is 3.67. The normalized spacial score (nSPS) is 10.4. The average molecular weight is 255 g/mol. The van der Waals surface area contributed by atoms with Crippen LogP contribution in [0.5, 0.6) is 0 Å². The minimum atomic E-state index is 0. The van der Waals surface area contributed by atoms with Gasteiger partial charge in [-0.05, 0) is 19.4 Å². The third-order valence-electron chi connectivity index (χ3n) is 2.27. The van der Waals surface area contributed by atoms with Crippen molar-refractivity contribution < 1.29 is 4.74 Å². The van der Waals surface area contributed by atoms with E-state index in [9.17, 15) is 0 Å². The van der Waals surface area contributed by atoms with Crippen LogP contribution in [0.2, 0.25) is 0 Å². The number of rotatable bonds is 8. The monoisotopic (exact) mass is 255 g/mol. The highest BCUT2D eigenvalue weighted by Gasteiger charge is 2.00. The minimum Gasteiger partial charge on any atom is -0.380 e. The quantitative estimate of drug-likeness (QED) is 0.485. The summed E-state index contributed by atoms with van der Waals surface area (Å²) in [6.07, 6.45) is 1.97. The third-order valence-corrected chi connectivity index (χ3v) is 2.27. The number of ether oxygens (including phenoxy) is 1. The van der Waals surface area contributed by atoms with Gasteiger partial charge in [0.1, 0.15) is 0 Å². The summed E-state index contributed by atoms with van der Waals surface area (Å²) in [7, 11) is 2.17. The molecular weight excluding hydrogens is 222 g/mol. The van der Waals surface area contributed by atoms with E-state index in [0.29, 0.717) is 5.92 Å². The number of nitrogens with zero attached hydrogens (tertiary/aromatic N) is 1. The Hall–Kier alpha value is -0.520. The van der Waals surface area contributed by atoms with Gasteiger partial charge in [-0.15, -0.1) is 11.8 Å². The Morgan fingerprint density at radius 2 is 1.78 bits per heavy atom. The predicted molar refractivity (Wildman–Crippen MR) is 81.7 cm³/mol. The van der Waals surface area contributed by atoms with Crippen LogP contribution in [-0.4, -0.2) is 38.3 Å². The van der Waals surface area contributed by atoms with E-state index in [1.165, 1.54) is 6.54 Å². The fourth-order valence-electron chi connectivity index (χ4n) is 1.65. The van der Waals surface area contributed by atoms with Gasteiger partial charge in [0.2, 0.25) is 0 Å². The first-order valence-electron chi connectivity index (χ1n) is 6.77. The van der Waals surface area contributed by atoms with Crippen molar-refractivity contribution in [1.29, 1.82) is 0 Å². The molecule has 0 bridgehead atoms. The van der Waals surface area contributed by atoms with E-state index < -0.39 is 0 Å². The summed E-state index contributed by atoms with van der Waals surface area (Å²) in [6.45, 7) is 12.6. The van der Waals surface area contributed by atoms with Gasteiger partial charge >= 0.3 is 0 Å². The Balaban J connectivity index is 0. The standard InChI is InChI=1S/C15H29NO.CH4/c1-14(2)9-6-7-11-17-12-8-10-16(5)13-15(3)4;/h14-15H,7-8,10-13H2,1-5H3;1H4. The Morgan fingerprint density at radius 1 is 1.11 bits per heavy atom. The van der Waals surface area contributed by atoms with Gasteiger partial charge in [-0.2, -0.15) is 0 Å². The highest BCUT2D eigenvalue weighted by atomic mass is 16.5. The van der Waals surface area contributed by atoms with Crippen LogP contribution in [0, 0.1) is 23.7 Å². The lowest BCUT2D eigenvalue weighted by Crippen LogP contribution is -2.25. The van der Waals surface area contributed by atoms with Gasteiger partial charge in [-0.25, -0.2) is 0 Å². The average Bonchev–Trinajstić information content (AvgIpc) is 2.20. The first-order chi connectivity index (χ1) is 8.02. The van der Waals surface area contributed by atoms with Gasteiger partial charge in [0, 0.05) is 32.0 Å². The molecule has 0 N–H and O–H groups in total. The van der Waals surface area contributed by atoms with Crippen molar-refractivity contribution in [2.75, 3.05) is 33.4 Å². The Bertz CT molecular complexity index is 225. The molecule has 0 atom stereocenters. The van der Waals surface area contributed by atoms with Crippen LogP contribution in [0.15, 0.2) is 0 Å². The van der Waals surface area contributed by atoms with Crippen LogP contribution in [0.3, 0.4) is 0 Å². The maximum atomic E-state index is 5.54. The summed E-state index contributed by atoms with van der Waals surface area (Å²) in [5, 5.41) is 0. The Morgan fingerprint density at radius 3 is 2.33 bits per heavy atom. The van der Waals surface area contributed by atoms with E-state index in [4.69, 9.17) is 4.74 Å². The second-order valence-corrected chi connectivity index (χ2v) is 5.35. The van der Waals surface area contributed by atoms with Crippen LogP contribution in [0.1, 0.15) is 48.0 Å². The summed E-state index contributed by atoms with van der Waals surface area (Å²) in [5.74, 6) is 7.48. The molecule has 0 heterocycles.